The number of ether oxygens (including phenoxy) is 1. The Labute approximate surface area is 169 Å². The Bertz CT molecular complexity index is 732. The molecule has 1 spiro atoms. The average Bonchev–Trinajstić information content (AvgIpc) is 3.45. The van der Waals surface area contributed by atoms with Crippen LogP contribution in [0, 0.1) is 22.7 Å². The van der Waals surface area contributed by atoms with E-state index in [-0.39, 0.29) is 5.41 Å². The summed E-state index contributed by atoms with van der Waals surface area (Å²) in [6.07, 6.45) is 9.44. The van der Waals surface area contributed by atoms with Crippen molar-refractivity contribution in [2.24, 2.45) is 22.7 Å². The minimum atomic E-state index is -0.173. The van der Waals surface area contributed by atoms with Gasteiger partial charge in [-0.1, -0.05) is 18.6 Å². The predicted octanol–water partition coefficient (Wildman–Crippen LogP) is 3.65. The van der Waals surface area contributed by atoms with E-state index in [1.54, 1.807) is 7.11 Å². The number of methoxy groups -OCH3 is 1. The third-order valence-electron chi connectivity index (χ3n) is 8.50. The lowest BCUT2D eigenvalue weighted by Crippen LogP contribution is -2.52. The minimum absolute atomic E-state index is 0.173. The van der Waals surface area contributed by atoms with Gasteiger partial charge in [-0.2, -0.15) is 0 Å². The molecular weight excluding hydrogens is 348 g/mol. The molecule has 1 amide bonds. The molecule has 3 atom stereocenters. The maximum Gasteiger partial charge on any atom is 0.229 e. The summed E-state index contributed by atoms with van der Waals surface area (Å²) in [5.74, 6) is 2.69. The van der Waals surface area contributed by atoms with Crippen molar-refractivity contribution in [3.8, 4) is 5.75 Å². The van der Waals surface area contributed by atoms with Crippen molar-refractivity contribution in [2.45, 2.75) is 51.4 Å². The molecule has 4 aliphatic rings. The van der Waals surface area contributed by atoms with Crippen LogP contribution in [-0.4, -0.2) is 44.1 Å². The van der Waals surface area contributed by atoms with E-state index >= 15 is 0 Å². The van der Waals surface area contributed by atoms with E-state index in [1.807, 2.05) is 6.07 Å². The Morgan fingerprint density at radius 1 is 1.25 bits per heavy atom. The molecule has 5 rings (SSSR count). The molecule has 2 bridgehead atoms. The van der Waals surface area contributed by atoms with Crippen molar-refractivity contribution < 1.29 is 9.53 Å². The molecule has 3 unspecified atom stereocenters. The maximum atomic E-state index is 14.0. The number of fused-ring (bicyclic) bond motifs is 2. The molecule has 4 fully saturated rings. The number of amides is 1. The Hall–Kier alpha value is -1.55. The summed E-state index contributed by atoms with van der Waals surface area (Å²) in [4.78, 5) is 16.2. The number of nitrogens with one attached hydrogen (secondary N) is 1. The molecular formula is C24H34N2O2. The van der Waals surface area contributed by atoms with Crippen molar-refractivity contribution in [1.29, 1.82) is 0 Å². The summed E-state index contributed by atoms with van der Waals surface area (Å²) in [6, 6.07) is 8.38. The van der Waals surface area contributed by atoms with E-state index in [4.69, 9.17) is 4.74 Å². The Kier molecular flexibility index (Phi) is 4.65. The van der Waals surface area contributed by atoms with E-state index in [0.29, 0.717) is 17.2 Å². The number of hydrogen-bond acceptors (Lipinski definition) is 3. The monoisotopic (exact) mass is 382 g/mol. The van der Waals surface area contributed by atoms with Crippen LogP contribution in [0.3, 0.4) is 0 Å². The molecule has 2 aliphatic carbocycles. The number of hydrogen-bond donors (Lipinski definition) is 1. The Morgan fingerprint density at radius 2 is 2.11 bits per heavy atom. The summed E-state index contributed by atoms with van der Waals surface area (Å²) < 4.78 is 5.44. The third kappa shape index (κ3) is 3.04. The summed E-state index contributed by atoms with van der Waals surface area (Å²) in [5, 5.41) is 3.54. The quantitative estimate of drug-likeness (QED) is 0.864. The lowest BCUT2D eigenvalue weighted by molar-refractivity contribution is -0.148. The lowest BCUT2D eigenvalue weighted by Gasteiger charge is -2.45. The molecule has 152 valence electrons. The van der Waals surface area contributed by atoms with E-state index in [0.717, 1.165) is 50.7 Å². The van der Waals surface area contributed by atoms with Gasteiger partial charge in [0.1, 0.15) is 5.75 Å². The average molecular weight is 383 g/mol. The van der Waals surface area contributed by atoms with Crippen LogP contribution in [0.4, 0.5) is 0 Å². The van der Waals surface area contributed by atoms with Crippen LogP contribution in [0.2, 0.25) is 0 Å². The van der Waals surface area contributed by atoms with Crippen molar-refractivity contribution in [1.82, 2.24) is 10.2 Å². The van der Waals surface area contributed by atoms with Crippen LogP contribution in [-0.2, 0) is 11.2 Å². The summed E-state index contributed by atoms with van der Waals surface area (Å²) in [6.45, 7) is 4.21. The van der Waals surface area contributed by atoms with Crippen LogP contribution in [0.25, 0.3) is 0 Å². The number of carbonyl (C=O) groups is 1. The first-order valence-electron chi connectivity index (χ1n) is 11.3. The lowest BCUT2D eigenvalue weighted by atomic mass is 9.67. The maximum absolute atomic E-state index is 14.0. The molecule has 2 heterocycles. The van der Waals surface area contributed by atoms with Gasteiger partial charge in [-0.15, -0.1) is 0 Å². The van der Waals surface area contributed by atoms with Gasteiger partial charge in [-0.25, -0.2) is 0 Å². The minimum Gasteiger partial charge on any atom is -0.497 e. The van der Waals surface area contributed by atoms with Crippen LogP contribution in [0.5, 0.6) is 5.75 Å². The SMILES string of the molecule is COc1cccc(CC2(C(=O)N3CCC4(CCNC4)CC3)CC3CCC2C3)c1. The molecule has 0 aromatic heterocycles. The Morgan fingerprint density at radius 3 is 2.75 bits per heavy atom. The molecule has 2 aliphatic heterocycles. The van der Waals surface area contributed by atoms with Gasteiger partial charge in [0.25, 0.3) is 0 Å². The highest BCUT2D eigenvalue weighted by atomic mass is 16.5. The van der Waals surface area contributed by atoms with E-state index in [2.05, 4.69) is 28.4 Å². The molecule has 4 nitrogen and oxygen atoms in total. The zero-order valence-corrected chi connectivity index (χ0v) is 17.2. The largest absolute Gasteiger partial charge is 0.497 e. The van der Waals surface area contributed by atoms with Crippen molar-refractivity contribution in [3.63, 3.8) is 0 Å². The number of rotatable bonds is 4. The van der Waals surface area contributed by atoms with Gasteiger partial charge in [0.05, 0.1) is 12.5 Å². The molecule has 0 radical (unpaired) electrons. The Balaban J connectivity index is 1.37. The number of carbonyl (C=O) groups excluding carboxylic acids is 1. The molecule has 1 aromatic rings. The fraction of sp³-hybridized carbons (Fsp3) is 0.708. The van der Waals surface area contributed by atoms with Gasteiger partial charge < -0.3 is 15.0 Å². The standard InChI is InChI=1S/C24H34N2O2/c1-28-21-4-2-3-18(14-21)15-24(16-19-5-6-20(24)13-19)22(27)26-11-8-23(9-12-26)7-10-25-17-23/h2-4,14,19-20,25H,5-13,15-17H2,1H3. The first-order chi connectivity index (χ1) is 13.6. The number of nitrogens with zero attached hydrogens (tertiary/aromatic N) is 1. The fourth-order valence-corrected chi connectivity index (χ4v) is 6.87. The molecule has 4 heteroatoms. The summed E-state index contributed by atoms with van der Waals surface area (Å²) >= 11 is 0. The van der Waals surface area contributed by atoms with Gasteiger partial charge in [-0.3, -0.25) is 4.79 Å². The summed E-state index contributed by atoms with van der Waals surface area (Å²) in [5.41, 5.74) is 1.55. The summed E-state index contributed by atoms with van der Waals surface area (Å²) in [7, 11) is 1.72. The smallest absolute Gasteiger partial charge is 0.229 e. The topological polar surface area (TPSA) is 41.6 Å². The first kappa shape index (κ1) is 18.5. The highest BCUT2D eigenvalue weighted by Gasteiger charge is 2.56. The number of piperidine rings is 1. The van der Waals surface area contributed by atoms with Crippen LogP contribution in [0.1, 0.15) is 50.5 Å². The van der Waals surface area contributed by atoms with Crippen molar-refractivity contribution >= 4 is 5.91 Å². The van der Waals surface area contributed by atoms with Crippen molar-refractivity contribution in [3.05, 3.63) is 29.8 Å². The van der Waals surface area contributed by atoms with Gasteiger partial charge in [-0.05, 0) is 86.4 Å². The van der Waals surface area contributed by atoms with Crippen LogP contribution in [0.15, 0.2) is 24.3 Å². The zero-order chi connectivity index (χ0) is 19.2. The molecule has 1 N–H and O–H groups in total. The molecule has 2 saturated heterocycles. The van der Waals surface area contributed by atoms with E-state index < -0.39 is 0 Å². The molecule has 1 aromatic carbocycles. The number of likely N-dealkylation sites (tertiary alicyclic amines) is 1. The highest BCUT2D eigenvalue weighted by Crippen LogP contribution is 2.58. The molecule has 2 saturated carbocycles. The van der Waals surface area contributed by atoms with Gasteiger partial charge in [0.15, 0.2) is 0 Å². The van der Waals surface area contributed by atoms with Gasteiger partial charge >= 0.3 is 0 Å². The third-order valence-corrected chi connectivity index (χ3v) is 8.50. The fourth-order valence-electron chi connectivity index (χ4n) is 6.87. The second-order valence-corrected chi connectivity index (χ2v) is 9.98. The predicted molar refractivity (Wildman–Crippen MR) is 110 cm³/mol. The second kappa shape index (κ2) is 7.05. The van der Waals surface area contributed by atoms with Gasteiger partial charge in [0.2, 0.25) is 5.91 Å². The van der Waals surface area contributed by atoms with Crippen LogP contribution < -0.4 is 10.1 Å². The highest BCUT2D eigenvalue weighted by molar-refractivity contribution is 5.84. The zero-order valence-electron chi connectivity index (χ0n) is 17.2. The number of benzene rings is 1. The first-order valence-corrected chi connectivity index (χ1v) is 11.3. The second-order valence-electron chi connectivity index (χ2n) is 9.98. The van der Waals surface area contributed by atoms with Crippen LogP contribution >= 0.6 is 0 Å². The van der Waals surface area contributed by atoms with E-state index in [9.17, 15) is 4.79 Å². The molecule has 28 heavy (non-hydrogen) atoms. The van der Waals surface area contributed by atoms with E-state index in [1.165, 1.54) is 44.1 Å². The van der Waals surface area contributed by atoms with Gasteiger partial charge in [0, 0.05) is 19.6 Å². The normalized spacial score (nSPS) is 33.5. The van der Waals surface area contributed by atoms with Crippen molar-refractivity contribution in [2.75, 3.05) is 33.3 Å².